The SMILES string of the molecule is CCOC(=O)c1cccnc1N1CC2CCC(N)C2C1. The molecule has 108 valence electrons. The zero-order valence-electron chi connectivity index (χ0n) is 11.8. The Morgan fingerprint density at radius 2 is 2.35 bits per heavy atom. The van der Waals surface area contributed by atoms with Crippen LogP contribution in [0.15, 0.2) is 18.3 Å². The predicted molar refractivity (Wildman–Crippen MR) is 76.6 cm³/mol. The molecule has 2 heterocycles. The van der Waals surface area contributed by atoms with E-state index >= 15 is 0 Å². The number of hydrogen-bond donors (Lipinski definition) is 1. The normalized spacial score (nSPS) is 28.5. The first kappa shape index (κ1) is 13.4. The number of carbonyl (C=O) groups excluding carboxylic acids is 1. The molecule has 0 bridgehead atoms. The number of pyridine rings is 1. The minimum atomic E-state index is -0.294. The minimum absolute atomic E-state index is 0.291. The lowest BCUT2D eigenvalue weighted by molar-refractivity contribution is 0.0526. The van der Waals surface area contributed by atoms with Gasteiger partial charge in [0.25, 0.3) is 0 Å². The Hall–Kier alpha value is -1.62. The number of nitrogens with zero attached hydrogens (tertiary/aromatic N) is 2. The number of rotatable bonds is 3. The van der Waals surface area contributed by atoms with Crippen LogP contribution in [0.4, 0.5) is 5.82 Å². The molecule has 1 saturated heterocycles. The van der Waals surface area contributed by atoms with Crippen LogP contribution < -0.4 is 10.6 Å². The van der Waals surface area contributed by atoms with Gasteiger partial charge in [-0.2, -0.15) is 0 Å². The summed E-state index contributed by atoms with van der Waals surface area (Å²) in [4.78, 5) is 18.6. The van der Waals surface area contributed by atoms with Crippen LogP contribution in [0.25, 0.3) is 0 Å². The summed E-state index contributed by atoms with van der Waals surface area (Å²) in [7, 11) is 0. The van der Waals surface area contributed by atoms with Crippen molar-refractivity contribution in [3.63, 3.8) is 0 Å². The van der Waals surface area contributed by atoms with Crippen molar-refractivity contribution < 1.29 is 9.53 Å². The van der Waals surface area contributed by atoms with Gasteiger partial charge in [-0.15, -0.1) is 0 Å². The third-order valence-electron chi connectivity index (χ3n) is 4.49. The summed E-state index contributed by atoms with van der Waals surface area (Å²) in [6.45, 7) is 4.04. The van der Waals surface area contributed by atoms with Gasteiger partial charge in [0.1, 0.15) is 11.4 Å². The number of esters is 1. The summed E-state index contributed by atoms with van der Waals surface area (Å²) >= 11 is 0. The third kappa shape index (κ3) is 2.26. The van der Waals surface area contributed by atoms with E-state index in [0.717, 1.165) is 25.3 Å². The largest absolute Gasteiger partial charge is 0.462 e. The maximum Gasteiger partial charge on any atom is 0.341 e. The first-order valence-corrected chi connectivity index (χ1v) is 7.33. The molecule has 0 radical (unpaired) electrons. The van der Waals surface area contributed by atoms with E-state index in [2.05, 4.69) is 9.88 Å². The molecule has 3 unspecified atom stereocenters. The second kappa shape index (κ2) is 5.40. The Kier molecular flexibility index (Phi) is 3.61. The Balaban J connectivity index is 1.83. The highest BCUT2D eigenvalue weighted by Gasteiger charge is 2.42. The molecular weight excluding hydrogens is 254 g/mol. The number of anilines is 1. The molecule has 1 aromatic heterocycles. The van der Waals surface area contributed by atoms with Crippen molar-refractivity contribution in [3.05, 3.63) is 23.9 Å². The van der Waals surface area contributed by atoms with E-state index in [1.165, 1.54) is 6.42 Å². The van der Waals surface area contributed by atoms with Gasteiger partial charge in [-0.3, -0.25) is 0 Å². The van der Waals surface area contributed by atoms with Gasteiger partial charge in [0.15, 0.2) is 0 Å². The van der Waals surface area contributed by atoms with Crippen molar-refractivity contribution in [3.8, 4) is 0 Å². The van der Waals surface area contributed by atoms with Crippen LogP contribution in [0.2, 0.25) is 0 Å². The van der Waals surface area contributed by atoms with Crippen LogP contribution in [-0.2, 0) is 4.74 Å². The van der Waals surface area contributed by atoms with E-state index in [1.807, 2.05) is 6.92 Å². The number of fused-ring (bicyclic) bond motifs is 1. The van der Waals surface area contributed by atoms with Crippen molar-refractivity contribution in [2.75, 3.05) is 24.6 Å². The zero-order valence-corrected chi connectivity index (χ0v) is 11.8. The molecule has 1 aliphatic heterocycles. The average Bonchev–Trinajstić information content (AvgIpc) is 3.02. The van der Waals surface area contributed by atoms with Crippen LogP contribution >= 0.6 is 0 Å². The summed E-state index contributed by atoms with van der Waals surface area (Å²) in [5.41, 5.74) is 6.73. The molecule has 0 spiro atoms. The topological polar surface area (TPSA) is 68.5 Å². The van der Waals surface area contributed by atoms with Gasteiger partial charge < -0.3 is 15.4 Å². The molecule has 0 aromatic carbocycles. The van der Waals surface area contributed by atoms with Crippen molar-refractivity contribution in [1.82, 2.24) is 4.98 Å². The fraction of sp³-hybridized carbons (Fsp3) is 0.600. The lowest BCUT2D eigenvalue weighted by atomic mass is 9.98. The van der Waals surface area contributed by atoms with Crippen LogP contribution in [0.5, 0.6) is 0 Å². The van der Waals surface area contributed by atoms with Crippen LogP contribution in [0, 0.1) is 11.8 Å². The molecule has 3 atom stereocenters. The van der Waals surface area contributed by atoms with E-state index in [1.54, 1.807) is 18.3 Å². The lowest BCUT2D eigenvalue weighted by Gasteiger charge is -2.21. The molecular formula is C15H21N3O2. The number of ether oxygens (including phenoxy) is 1. The van der Waals surface area contributed by atoms with E-state index in [-0.39, 0.29) is 5.97 Å². The molecule has 5 nitrogen and oxygen atoms in total. The van der Waals surface area contributed by atoms with Crippen LogP contribution in [0.1, 0.15) is 30.1 Å². The monoisotopic (exact) mass is 275 g/mol. The molecule has 2 N–H and O–H groups in total. The standard InChI is InChI=1S/C15H21N3O2/c1-2-20-15(19)11-4-3-7-17-14(11)18-8-10-5-6-13(16)12(10)9-18/h3-4,7,10,12-13H,2,5-6,8-9,16H2,1H3. The highest BCUT2D eigenvalue weighted by atomic mass is 16.5. The maximum atomic E-state index is 12.0. The predicted octanol–water partition coefficient (Wildman–Crippen LogP) is 1.43. The van der Waals surface area contributed by atoms with E-state index in [4.69, 9.17) is 10.5 Å². The van der Waals surface area contributed by atoms with E-state index < -0.39 is 0 Å². The fourth-order valence-electron chi connectivity index (χ4n) is 3.50. The van der Waals surface area contributed by atoms with Gasteiger partial charge in [0.05, 0.1) is 6.61 Å². The van der Waals surface area contributed by atoms with Gasteiger partial charge in [-0.25, -0.2) is 9.78 Å². The Morgan fingerprint density at radius 1 is 1.50 bits per heavy atom. The van der Waals surface area contributed by atoms with Crippen molar-refractivity contribution in [1.29, 1.82) is 0 Å². The molecule has 1 aliphatic carbocycles. The molecule has 0 amide bonds. The Morgan fingerprint density at radius 3 is 3.10 bits per heavy atom. The third-order valence-corrected chi connectivity index (χ3v) is 4.49. The van der Waals surface area contributed by atoms with Gasteiger partial charge in [0.2, 0.25) is 0 Å². The van der Waals surface area contributed by atoms with Gasteiger partial charge >= 0.3 is 5.97 Å². The first-order valence-electron chi connectivity index (χ1n) is 7.33. The number of carbonyl (C=O) groups is 1. The second-order valence-electron chi connectivity index (χ2n) is 5.67. The van der Waals surface area contributed by atoms with Crippen molar-refractivity contribution >= 4 is 11.8 Å². The van der Waals surface area contributed by atoms with E-state index in [0.29, 0.717) is 30.0 Å². The van der Waals surface area contributed by atoms with Crippen LogP contribution in [-0.4, -0.2) is 36.7 Å². The Bertz CT molecular complexity index is 506. The highest BCUT2D eigenvalue weighted by Crippen LogP contribution is 2.39. The minimum Gasteiger partial charge on any atom is -0.462 e. The molecule has 1 saturated carbocycles. The van der Waals surface area contributed by atoms with Gasteiger partial charge in [0, 0.05) is 25.3 Å². The smallest absolute Gasteiger partial charge is 0.341 e. The highest BCUT2D eigenvalue weighted by molar-refractivity contribution is 5.94. The van der Waals surface area contributed by atoms with E-state index in [9.17, 15) is 4.79 Å². The second-order valence-corrected chi connectivity index (χ2v) is 5.67. The molecule has 1 aromatic rings. The molecule has 5 heteroatoms. The number of nitrogens with two attached hydrogens (primary N) is 1. The summed E-state index contributed by atoms with van der Waals surface area (Å²) < 4.78 is 5.11. The summed E-state index contributed by atoms with van der Waals surface area (Å²) in [6, 6.07) is 3.85. The lowest BCUT2D eigenvalue weighted by Crippen LogP contribution is -2.31. The maximum absolute atomic E-state index is 12.0. The summed E-state index contributed by atoms with van der Waals surface area (Å²) in [5, 5.41) is 0. The average molecular weight is 275 g/mol. The fourth-order valence-corrected chi connectivity index (χ4v) is 3.50. The van der Waals surface area contributed by atoms with Crippen LogP contribution in [0.3, 0.4) is 0 Å². The summed E-state index contributed by atoms with van der Waals surface area (Å²) in [6.07, 6.45) is 4.03. The zero-order chi connectivity index (χ0) is 14.1. The molecule has 20 heavy (non-hydrogen) atoms. The first-order chi connectivity index (χ1) is 9.70. The van der Waals surface area contributed by atoms with Gasteiger partial charge in [-0.05, 0) is 43.7 Å². The quantitative estimate of drug-likeness (QED) is 0.845. The molecule has 2 fully saturated rings. The van der Waals surface area contributed by atoms with Crippen molar-refractivity contribution in [2.45, 2.75) is 25.8 Å². The Labute approximate surface area is 119 Å². The summed E-state index contributed by atoms with van der Waals surface area (Å²) in [5.74, 6) is 1.62. The molecule has 3 rings (SSSR count). The van der Waals surface area contributed by atoms with Gasteiger partial charge in [-0.1, -0.05) is 0 Å². The number of aromatic nitrogens is 1. The van der Waals surface area contributed by atoms with Crippen molar-refractivity contribution in [2.24, 2.45) is 17.6 Å². The molecule has 2 aliphatic rings. The number of hydrogen-bond acceptors (Lipinski definition) is 5.